The van der Waals surface area contributed by atoms with Crippen LogP contribution < -0.4 is 0 Å². The summed E-state index contributed by atoms with van der Waals surface area (Å²) < 4.78 is 0. The molecule has 168 valence electrons. The summed E-state index contributed by atoms with van der Waals surface area (Å²) in [6.45, 7) is 7.27. The summed E-state index contributed by atoms with van der Waals surface area (Å²) >= 11 is 0. The molecule has 0 amide bonds. The first-order chi connectivity index (χ1) is 14.7. The summed E-state index contributed by atoms with van der Waals surface area (Å²) in [5, 5.41) is 11.6. The van der Waals surface area contributed by atoms with Gasteiger partial charge in [-0.3, -0.25) is 0 Å². The van der Waals surface area contributed by atoms with Gasteiger partial charge in [0.05, 0.1) is 0 Å². The van der Waals surface area contributed by atoms with Gasteiger partial charge in [-0.25, -0.2) is 0 Å². The van der Waals surface area contributed by atoms with Gasteiger partial charge in [-0.2, -0.15) is 0 Å². The van der Waals surface area contributed by atoms with Crippen LogP contribution in [0.1, 0.15) is 115 Å². The maximum Gasteiger partial charge on any atom is 0.119 e. The van der Waals surface area contributed by atoms with E-state index in [9.17, 15) is 5.11 Å². The van der Waals surface area contributed by atoms with Crippen LogP contribution in [0.4, 0.5) is 0 Å². The second-order valence-corrected chi connectivity index (χ2v) is 14.5. The van der Waals surface area contributed by atoms with E-state index in [2.05, 4.69) is 32.9 Å². The molecule has 0 unspecified atom stereocenters. The van der Waals surface area contributed by atoms with Gasteiger partial charge < -0.3 is 5.11 Å². The highest BCUT2D eigenvalue weighted by Crippen LogP contribution is 2.67. The Hall–Kier alpha value is -0.980. The third-order valence-corrected chi connectivity index (χ3v) is 11.1. The molecule has 1 aromatic carbocycles. The van der Waals surface area contributed by atoms with Crippen LogP contribution in [-0.2, 0) is 16.2 Å². The van der Waals surface area contributed by atoms with Crippen molar-refractivity contribution in [3.63, 3.8) is 0 Å². The SMILES string of the molecule is CC(C)(C)c1ccc(O)c(C23CC4CC(CC(C4)C2)C3)c1C12CC3CC(CC(C3)C1)C2. The molecule has 8 aliphatic carbocycles. The molecule has 0 spiro atoms. The van der Waals surface area contributed by atoms with Gasteiger partial charge in [-0.1, -0.05) is 26.8 Å². The lowest BCUT2D eigenvalue weighted by atomic mass is 9.43. The van der Waals surface area contributed by atoms with Crippen LogP contribution in [0.5, 0.6) is 5.75 Å². The minimum atomic E-state index is 0.142. The minimum absolute atomic E-state index is 0.142. The number of hydrogen-bond donors (Lipinski definition) is 1. The standard InChI is InChI=1S/C30H42O/c1-28(2,3)24-4-5-25(31)27(30-15-21-9-22(16-30)11-23(10-21)17-30)26(24)29-12-18-6-19(13-29)8-20(7-18)14-29/h4-5,18-23,31H,6-17H2,1-3H3. The van der Waals surface area contributed by atoms with Crippen molar-refractivity contribution in [3.05, 3.63) is 28.8 Å². The van der Waals surface area contributed by atoms with Gasteiger partial charge in [0.1, 0.15) is 5.75 Å². The molecule has 9 rings (SSSR count). The quantitative estimate of drug-likeness (QED) is 0.523. The van der Waals surface area contributed by atoms with Crippen LogP contribution >= 0.6 is 0 Å². The molecule has 8 aliphatic rings. The van der Waals surface area contributed by atoms with Crippen molar-refractivity contribution < 1.29 is 5.11 Å². The van der Waals surface area contributed by atoms with Gasteiger partial charge in [0.25, 0.3) is 0 Å². The molecule has 8 bridgehead atoms. The normalized spacial score (nSPS) is 47.3. The van der Waals surface area contributed by atoms with Crippen molar-refractivity contribution in [1.29, 1.82) is 0 Å². The zero-order valence-electron chi connectivity index (χ0n) is 20.1. The zero-order chi connectivity index (χ0) is 21.2. The third-order valence-electron chi connectivity index (χ3n) is 11.1. The maximum absolute atomic E-state index is 11.6. The Balaban J connectivity index is 1.47. The summed E-state index contributed by atoms with van der Waals surface area (Å²) in [6, 6.07) is 4.45. The highest BCUT2D eigenvalue weighted by atomic mass is 16.3. The molecule has 8 saturated carbocycles. The Morgan fingerprint density at radius 3 is 1.32 bits per heavy atom. The van der Waals surface area contributed by atoms with Crippen molar-refractivity contribution in [2.45, 2.75) is 114 Å². The van der Waals surface area contributed by atoms with Crippen LogP contribution in [0, 0.1) is 35.5 Å². The summed E-state index contributed by atoms with van der Waals surface area (Å²) in [5.74, 6) is 6.29. The molecule has 1 N–H and O–H groups in total. The molecule has 1 aromatic rings. The fourth-order valence-corrected chi connectivity index (χ4v) is 11.1. The van der Waals surface area contributed by atoms with E-state index < -0.39 is 0 Å². The van der Waals surface area contributed by atoms with Crippen molar-refractivity contribution in [3.8, 4) is 5.75 Å². The van der Waals surface area contributed by atoms with Gasteiger partial charge in [-0.15, -0.1) is 0 Å². The lowest BCUT2D eigenvalue weighted by Gasteiger charge is -2.61. The van der Waals surface area contributed by atoms with E-state index in [0.717, 1.165) is 35.5 Å². The van der Waals surface area contributed by atoms with Gasteiger partial charge in [0.15, 0.2) is 0 Å². The second kappa shape index (κ2) is 6.12. The van der Waals surface area contributed by atoms with E-state index in [-0.39, 0.29) is 10.8 Å². The first kappa shape index (κ1) is 19.5. The maximum atomic E-state index is 11.6. The van der Waals surface area contributed by atoms with Crippen molar-refractivity contribution >= 4 is 0 Å². The molecule has 0 atom stereocenters. The number of phenolic OH excluding ortho intramolecular Hbond substituents is 1. The Bertz CT molecular complexity index is 845. The van der Waals surface area contributed by atoms with Crippen LogP contribution in [-0.4, -0.2) is 5.11 Å². The minimum Gasteiger partial charge on any atom is -0.508 e. The molecule has 0 saturated heterocycles. The molecule has 1 nitrogen and oxygen atoms in total. The van der Waals surface area contributed by atoms with Crippen LogP contribution in [0.25, 0.3) is 0 Å². The monoisotopic (exact) mass is 418 g/mol. The Kier molecular flexibility index (Phi) is 3.85. The highest BCUT2D eigenvalue weighted by molar-refractivity contribution is 5.56. The van der Waals surface area contributed by atoms with E-state index in [1.165, 1.54) is 82.6 Å². The molecule has 0 radical (unpaired) electrons. The third kappa shape index (κ3) is 2.73. The fourth-order valence-electron chi connectivity index (χ4n) is 11.1. The average Bonchev–Trinajstić information content (AvgIpc) is 2.64. The number of rotatable bonds is 2. The number of aromatic hydroxyl groups is 1. The van der Waals surface area contributed by atoms with Crippen molar-refractivity contribution in [2.75, 3.05) is 0 Å². The van der Waals surface area contributed by atoms with Crippen LogP contribution in [0.3, 0.4) is 0 Å². The first-order valence-corrected chi connectivity index (χ1v) is 13.6. The van der Waals surface area contributed by atoms with E-state index in [4.69, 9.17) is 0 Å². The van der Waals surface area contributed by atoms with E-state index in [1.54, 1.807) is 11.1 Å². The number of benzene rings is 1. The molecular weight excluding hydrogens is 376 g/mol. The highest BCUT2D eigenvalue weighted by Gasteiger charge is 2.58. The summed E-state index contributed by atoms with van der Waals surface area (Å²) in [7, 11) is 0. The average molecular weight is 419 g/mol. The molecular formula is C30H42O. The Labute approximate surface area is 189 Å². The summed E-state index contributed by atoms with van der Waals surface area (Å²) in [6.07, 6.45) is 17.2. The number of phenols is 1. The topological polar surface area (TPSA) is 20.2 Å². The first-order valence-electron chi connectivity index (χ1n) is 13.6. The molecule has 0 aromatic heterocycles. The Morgan fingerprint density at radius 2 is 0.968 bits per heavy atom. The largest absolute Gasteiger partial charge is 0.508 e. The van der Waals surface area contributed by atoms with Gasteiger partial charge in [0, 0.05) is 11.0 Å². The lowest BCUT2D eigenvalue weighted by Crippen LogP contribution is -2.53. The predicted molar refractivity (Wildman–Crippen MR) is 127 cm³/mol. The molecule has 8 fully saturated rings. The molecule has 1 heteroatoms. The smallest absolute Gasteiger partial charge is 0.119 e. The van der Waals surface area contributed by atoms with Crippen molar-refractivity contribution in [2.24, 2.45) is 35.5 Å². The van der Waals surface area contributed by atoms with Crippen LogP contribution in [0.2, 0.25) is 0 Å². The molecule has 31 heavy (non-hydrogen) atoms. The summed E-state index contributed by atoms with van der Waals surface area (Å²) in [5.41, 5.74) is 5.54. The van der Waals surface area contributed by atoms with Gasteiger partial charge in [-0.05, 0) is 141 Å². The van der Waals surface area contributed by atoms with Crippen molar-refractivity contribution in [1.82, 2.24) is 0 Å². The Morgan fingerprint density at radius 1 is 0.613 bits per heavy atom. The lowest BCUT2D eigenvalue weighted by molar-refractivity contribution is -0.0188. The number of hydrogen-bond acceptors (Lipinski definition) is 1. The van der Waals surface area contributed by atoms with Crippen LogP contribution in [0.15, 0.2) is 12.1 Å². The fraction of sp³-hybridized carbons (Fsp3) is 0.800. The van der Waals surface area contributed by atoms with Gasteiger partial charge >= 0.3 is 0 Å². The molecule has 0 aliphatic heterocycles. The summed E-state index contributed by atoms with van der Waals surface area (Å²) in [4.78, 5) is 0. The second-order valence-electron chi connectivity index (χ2n) is 14.5. The zero-order valence-corrected chi connectivity index (χ0v) is 20.1. The predicted octanol–water partition coefficient (Wildman–Crippen LogP) is 7.63. The van der Waals surface area contributed by atoms with E-state index in [1.807, 2.05) is 0 Å². The van der Waals surface area contributed by atoms with E-state index in [0.29, 0.717) is 11.2 Å². The van der Waals surface area contributed by atoms with E-state index >= 15 is 0 Å². The van der Waals surface area contributed by atoms with Gasteiger partial charge in [0.2, 0.25) is 0 Å². The molecule has 0 heterocycles.